The summed E-state index contributed by atoms with van der Waals surface area (Å²) in [6.45, 7) is 3.92. The molecule has 1 heterocycles. The van der Waals surface area contributed by atoms with Crippen molar-refractivity contribution in [3.63, 3.8) is 0 Å². The van der Waals surface area contributed by atoms with Crippen molar-refractivity contribution in [2.45, 2.75) is 32.0 Å². The number of hydrogen-bond donors (Lipinski definition) is 2. The number of ether oxygens (including phenoxy) is 1. The lowest BCUT2D eigenvalue weighted by molar-refractivity contribution is -0.163. The SMILES string of the molecule is CN1C(COC(C)(C)C(=O)O)C=C(Nc2ccccc2)N1Cc1ccccc1Cl. The van der Waals surface area contributed by atoms with E-state index in [1.807, 2.05) is 72.7 Å². The number of nitrogens with one attached hydrogen (secondary N) is 1. The van der Waals surface area contributed by atoms with Crippen LogP contribution in [0.1, 0.15) is 19.4 Å². The number of hydrazine groups is 1. The first-order chi connectivity index (χ1) is 13.8. The fraction of sp³-hybridized carbons (Fsp3) is 0.318. The number of halogens is 1. The molecule has 1 atom stereocenters. The third kappa shape index (κ3) is 5.09. The molecule has 29 heavy (non-hydrogen) atoms. The smallest absolute Gasteiger partial charge is 0.335 e. The second kappa shape index (κ2) is 8.86. The van der Waals surface area contributed by atoms with Crippen molar-refractivity contribution in [3.05, 3.63) is 77.1 Å². The van der Waals surface area contributed by atoms with Crippen molar-refractivity contribution in [2.75, 3.05) is 19.0 Å². The monoisotopic (exact) mass is 415 g/mol. The summed E-state index contributed by atoms with van der Waals surface area (Å²) in [5.74, 6) is -0.0990. The van der Waals surface area contributed by atoms with Gasteiger partial charge in [-0.05, 0) is 43.7 Å². The van der Waals surface area contributed by atoms with Gasteiger partial charge in [-0.2, -0.15) is 0 Å². The van der Waals surface area contributed by atoms with Gasteiger partial charge in [-0.1, -0.05) is 48.0 Å². The molecule has 1 aliphatic rings. The number of likely N-dealkylation sites (N-methyl/N-ethyl adjacent to an activating group) is 1. The summed E-state index contributed by atoms with van der Waals surface area (Å²) in [7, 11) is 1.95. The van der Waals surface area contributed by atoms with E-state index in [0.717, 1.165) is 17.1 Å². The van der Waals surface area contributed by atoms with Gasteiger partial charge >= 0.3 is 5.97 Å². The molecule has 0 radical (unpaired) electrons. The Hall–Kier alpha value is -2.54. The van der Waals surface area contributed by atoms with Crippen LogP contribution in [0.2, 0.25) is 5.02 Å². The molecule has 2 aromatic carbocycles. The maximum absolute atomic E-state index is 11.4. The zero-order valence-electron chi connectivity index (χ0n) is 16.8. The van der Waals surface area contributed by atoms with E-state index >= 15 is 0 Å². The Balaban J connectivity index is 1.81. The predicted molar refractivity (Wildman–Crippen MR) is 114 cm³/mol. The van der Waals surface area contributed by atoms with E-state index in [1.54, 1.807) is 13.8 Å². The minimum Gasteiger partial charge on any atom is -0.479 e. The molecule has 0 aliphatic carbocycles. The summed E-state index contributed by atoms with van der Waals surface area (Å²) in [5, 5.41) is 17.6. The number of rotatable bonds is 8. The molecule has 0 saturated heterocycles. The molecule has 0 fully saturated rings. The van der Waals surface area contributed by atoms with Crippen LogP contribution >= 0.6 is 11.6 Å². The first-order valence-electron chi connectivity index (χ1n) is 9.43. The van der Waals surface area contributed by atoms with E-state index in [-0.39, 0.29) is 12.6 Å². The van der Waals surface area contributed by atoms with Crippen molar-refractivity contribution in [3.8, 4) is 0 Å². The van der Waals surface area contributed by atoms with Crippen LogP contribution < -0.4 is 5.32 Å². The molecule has 1 unspecified atom stereocenters. The summed E-state index contributed by atoms with van der Waals surface area (Å²) in [6.07, 6.45) is 2.04. The average Bonchev–Trinajstić information content (AvgIpc) is 2.98. The number of carboxylic acid groups (broad SMARTS) is 1. The number of aliphatic carboxylic acids is 1. The second-order valence-electron chi connectivity index (χ2n) is 7.46. The fourth-order valence-electron chi connectivity index (χ4n) is 3.00. The molecule has 6 nitrogen and oxygen atoms in total. The highest BCUT2D eigenvalue weighted by Crippen LogP contribution is 2.28. The van der Waals surface area contributed by atoms with Crippen LogP contribution in [0.5, 0.6) is 0 Å². The molecule has 0 spiro atoms. The maximum Gasteiger partial charge on any atom is 0.335 e. The van der Waals surface area contributed by atoms with Crippen LogP contribution in [0.25, 0.3) is 0 Å². The lowest BCUT2D eigenvalue weighted by atomic mass is 10.1. The molecule has 7 heteroatoms. The Bertz CT molecular complexity index is 886. The van der Waals surface area contributed by atoms with Crippen molar-refractivity contribution in [2.24, 2.45) is 0 Å². The molecule has 1 aliphatic heterocycles. The molecule has 2 aromatic rings. The van der Waals surface area contributed by atoms with E-state index in [1.165, 1.54) is 0 Å². The molecule has 0 bridgehead atoms. The van der Waals surface area contributed by atoms with Crippen molar-refractivity contribution >= 4 is 23.3 Å². The molecule has 2 N–H and O–H groups in total. The molecule has 0 aromatic heterocycles. The molecular formula is C22H26ClN3O3. The average molecular weight is 416 g/mol. The van der Waals surface area contributed by atoms with Gasteiger partial charge in [0.05, 0.1) is 19.2 Å². The van der Waals surface area contributed by atoms with Gasteiger partial charge in [0.1, 0.15) is 5.82 Å². The fourth-order valence-corrected chi connectivity index (χ4v) is 3.19. The van der Waals surface area contributed by atoms with Gasteiger partial charge in [-0.25, -0.2) is 9.80 Å². The van der Waals surface area contributed by atoms with Crippen molar-refractivity contribution < 1.29 is 14.6 Å². The Morgan fingerprint density at radius 3 is 2.48 bits per heavy atom. The summed E-state index contributed by atoms with van der Waals surface area (Å²) >= 11 is 6.38. The normalized spacial score (nSPS) is 17.3. The number of anilines is 1. The highest BCUT2D eigenvalue weighted by molar-refractivity contribution is 6.31. The molecule has 154 valence electrons. The number of hydrogen-bond acceptors (Lipinski definition) is 5. The summed E-state index contributed by atoms with van der Waals surface area (Å²) in [5.41, 5.74) is 0.704. The molecule has 0 amide bonds. The van der Waals surface area contributed by atoms with E-state index in [2.05, 4.69) is 10.3 Å². The van der Waals surface area contributed by atoms with Gasteiger partial charge in [-0.15, -0.1) is 0 Å². The number of carboxylic acids is 1. The van der Waals surface area contributed by atoms with Crippen LogP contribution in [0.15, 0.2) is 66.5 Å². The van der Waals surface area contributed by atoms with E-state index in [4.69, 9.17) is 16.3 Å². The van der Waals surface area contributed by atoms with Gasteiger partial charge in [-0.3, -0.25) is 5.01 Å². The molecule has 3 rings (SSSR count). The Labute approximate surface area is 176 Å². The summed E-state index contributed by atoms with van der Waals surface area (Å²) < 4.78 is 5.70. The van der Waals surface area contributed by atoms with E-state index in [0.29, 0.717) is 11.6 Å². The molecule has 0 saturated carbocycles. The highest BCUT2D eigenvalue weighted by atomic mass is 35.5. The van der Waals surface area contributed by atoms with Gasteiger partial charge < -0.3 is 15.2 Å². The van der Waals surface area contributed by atoms with Gasteiger partial charge in [0.15, 0.2) is 5.60 Å². The lowest BCUT2D eigenvalue weighted by Crippen LogP contribution is -2.44. The summed E-state index contributed by atoms with van der Waals surface area (Å²) in [4.78, 5) is 11.4. The molecular weight excluding hydrogens is 390 g/mol. The van der Waals surface area contributed by atoms with Gasteiger partial charge in [0.25, 0.3) is 0 Å². The van der Waals surface area contributed by atoms with Crippen LogP contribution in [-0.2, 0) is 16.1 Å². The van der Waals surface area contributed by atoms with Crippen molar-refractivity contribution in [1.82, 2.24) is 10.0 Å². The van der Waals surface area contributed by atoms with E-state index < -0.39 is 11.6 Å². The van der Waals surface area contributed by atoms with Crippen LogP contribution in [0.3, 0.4) is 0 Å². The zero-order chi connectivity index (χ0) is 21.0. The number of carbonyl (C=O) groups is 1. The standard InChI is InChI=1S/C22H26ClN3O3/c1-22(2,21(27)28)29-15-18-13-20(24-17-10-5-4-6-11-17)26(25(18)3)14-16-9-7-8-12-19(16)23/h4-13,18,24H,14-15H2,1-3H3,(H,27,28). The first kappa shape index (κ1) is 21.2. The summed E-state index contributed by atoms with van der Waals surface area (Å²) in [6, 6.07) is 17.5. The Morgan fingerprint density at radius 1 is 1.17 bits per heavy atom. The number of benzene rings is 2. The van der Waals surface area contributed by atoms with Gasteiger partial charge in [0, 0.05) is 17.8 Å². The Kier molecular flexibility index (Phi) is 6.47. The maximum atomic E-state index is 11.4. The third-order valence-electron chi connectivity index (χ3n) is 4.94. The van der Waals surface area contributed by atoms with Crippen molar-refractivity contribution in [1.29, 1.82) is 0 Å². The second-order valence-corrected chi connectivity index (χ2v) is 7.87. The van der Waals surface area contributed by atoms with Crippen LogP contribution in [0.4, 0.5) is 5.69 Å². The zero-order valence-corrected chi connectivity index (χ0v) is 17.6. The number of para-hydroxylation sites is 1. The first-order valence-corrected chi connectivity index (χ1v) is 9.80. The minimum absolute atomic E-state index is 0.123. The van der Waals surface area contributed by atoms with Crippen LogP contribution in [0, 0.1) is 0 Å². The Morgan fingerprint density at radius 2 is 1.83 bits per heavy atom. The quantitative estimate of drug-likeness (QED) is 0.673. The van der Waals surface area contributed by atoms with Gasteiger partial charge in [0.2, 0.25) is 0 Å². The lowest BCUT2D eigenvalue weighted by Gasteiger charge is -2.34. The topological polar surface area (TPSA) is 65.0 Å². The van der Waals surface area contributed by atoms with Crippen LogP contribution in [-0.4, -0.2) is 46.4 Å². The highest BCUT2D eigenvalue weighted by Gasteiger charge is 2.34. The van der Waals surface area contributed by atoms with E-state index in [9.17, 15) is 9.90 Å². The minimum atomic E-state index is -1.25. The predicted octanol–water partition coefficient (Wildman–Crippen LogP) is 4.20. The largest absolute Gasteiger partial charge is 0.479 e. The number of nitrogens with zero attached hydrogens (tertiary/aromatic N) is 2. The third-order valence-corrected chi connectivity index (χ3v) is 5.31.